The largest absolute Gasteiger partial charge is 0.392 e. The molecule has 1 aromatic carbocycles. The molecular formula is C29H42N4O3S. The van der Waals surface area contributed by atoms with E-state index in [4.69, 9.17) is 9.72 Å². The molecule has 2 heterocycles. The van der Waals surface area contributed by atoms with E-state index in [1.165, 1.54) is 10.4 Å². The molecule has 3 aliphatic rings. The highest BCUT2D eigenvalue weighted by molar-refractivity contribution is 7.15. The Morgan fingerprint density at radius 2 is 2.05 bits per heavy atom. The molecule has 6 atom stereocenters. The molecule has 1 saturated carbocycles. The zero-order chi connectivity index (χ0) is 26.0. The number of carbonyl (C=O) groups is 1. The molecule has 0 spiro atoms. The van der Waals surface area contributed by atoms with E-state index < -0.39 is 6.10 Å². The average molecular weight is 527 g/mol. The Bertz CT molecular complexity index is 1060. The topological polar surface area (TPSA) is 86.7 Å². The zero-order valence-corrected chi connectivity index (χ0v) is 23.2. The van der Waals surface area contributed by atoms with Crippen LogP contribution in [0.2, 0.25) is 0 Å². The van der Waals surface area contributed by atoms with Gasteiger partial charge in [0.1, 0.15) is 0 Å². The van der Waals surface area contributed by atoms with E-state index in [1.807, 2.05) is 13.0 Å². The summed E-state index contributed by atoms with van der Waals surface area (Å²) in [6.45, 7) is 12.2. The second kappa shape index (κ2) is 11.4. The summed E-state index contributed by atoms with van der Waals surface area (Å²) in [4.78, 5) is 21.7. The van der Waals surface area contributed by atoms with E-state index in [-0.39, 0.29) is 35.0 Å². The minimum Gasteiger partial charge on any atom is -0.392 e. The van der Waals surface area contributed by atoms with Crippen LogP contribution in [-0.4, -0.2) is 66.4 Å². The summed E-state index contributed by atoms with van der Waals surface area (Å²) >= 11 is 1.77. The second-order valence-electron chi connectivity index (χ2n) is 11.5. The number of anilines is 1. The van der Waals surface area contributed by atoms with Gasteiger partial charge in [0, 0.05) is 49.4 Å². The fourth-order valence-electron chi connectivity index (χ4n) is 6.91. The number of nitrogens with zero attached hydrogens (tertiary/aromatic N) is 2. The van der Waals surface area contributed by atoms with Gasteiger partial charge in [-0.1, -0.05) is 51.1 Å². The van der Waals surface area contributed by atoms with Crippen molar-refractivity contribution in [1.29, 1.82) is 0 Å². The summed E-state index contributed by atoms with van der Waals surface area (Å²) in [6, 6.07) is 10.4. The third-order valence-electron chi connectivity index (χ3n) is 9.10. The van der Waals surface area contributed by atoms with Crippen LogP contribution in [0.15, 0.2) is 30.3 Å². The molecule has 6 unspecified atom stereocenters. The number of ether oxygens (including phenoxy) is 1. The average Bonchev–Trinajstić information content (AvgIpc) is 3.31. The maximum atomic E-state index is 13.1. The summed E-state index contributed by atoms with van der Waals surface area (Å²) in [7, 11) is 0. The number of benzene rings is 1. The molecule has 202 valence electrons. The van der Waals surface area contributed by atoms with Gasteiger partial charge in [0.2, 0.25) is 5.91 Å². The van der Waals surface area contributed by atoms with Crippen LogP contribution in [0.5, 0.6) is 0 Å². The van der Waals surface area contributed by atoms with E-state index in [2.05, 4.69) is 53.6 Å². The van der Waals surface area contributed by atoms with Crippen molar-refractivity contribution >= 4 is 22.4 Å². The number of aliphatic hydroxyl groups is 1. The Hall–Kier alpha value is -2.00. The van der Waals surface area contributed by atoms with Gasteiger partial charge in [-0.05, 0) is 42.1 Å². The van der Waals surface area contributed by atoms with Crippen molar-refractivity contribution in [3.63, 3.8) is 0 Å². The van der Waals surface area contributed by atoms with Crippen LogP contribution in [0.3, 0.4) is 0 Å². The number of carbonyl (C=O) groups excluding carboxylic acids is 1. The lowest BCUT2D eigenvalue weighted by molar-refractivity contribution is -0.134. The molecule has 5 rings (SSSR count). The summed E-state index contributed by atoms with van der Waals surface area (Å²) < 4.78 is 5.41. The number of fused-ring (bicyclic) bond motifs is 2. The highest BCUT2D eigenvalue weighted by Gasteiger charge is 2.53. The summed E-state index contributed by atoms with van der Waals surface area (Å²) in [6.07, 6.45) is 2.35. The molecule has 0 bridgehead atoms. The molecule has 2 fully saturated rings. The fourth-order valence-corrected chi connectivity index (χ4v) is 8.17. The van der Waals surface area contributed by atoms with Crippen molar-refractivity contribution < 1.29 is 14.6 Å². The lowest BCUT2D eigenvalue weighted by Gasteiger charge is -2.53. The zero-order valence-electron chi connectivity index (χ0n) is 22.4. The molecule has 1 amide bonds. The van der Waals surface area contributed by atoms with Crippen LogP contribution >= 0.6 is 11.3 Å². The SMILES string of the molecule is CC(C(=O)NCCN1CCOCC1)C1CCC2(C)Cc3sc(NCc4ccccc4)nc3C(C)C2C1O. The van der Waals surface area contributed by atoms with E-state index in [0.29, 0.717) is 6.54 Å². The molecule has 8 heteroatoms. The number of hydrogen-bond donors (Lipinski definition) is 3. The minimum atomic E-state index is -0.510. The van der Waals surface area contributed by atoms with Crippen LogP contribution in [0.25, 0.3) is 0 Å². The van der Waals surface area contributed by atoms with Gasteiger partial charge < -0.3 is 20.5 Å². The lowest BCUT2D eigenvalue weighted by Crippen LogP contribution is -2.53. The van der Waals surface area contributed by atoms with Crippen molar-refractivity contribution in [3.8, 4) is 0 Å². The van der Waals surface area contributed by atoms with E-state index >= 15 is 0 Å². The Labute approximate surface area is 225 Å². The molecule has 0 radical (unpaired) electrons. The van der Waals surface area contributed by atoms with Crippen LogP contribution < -0.4 is 10.6 Å². The van der Waals surface area contributed by atoms with Crippen molar-refractivity contribution in [2.75, 3.05) is 44.7 Å². The predicted molar refractivity (Wildman–Crippen MR) is 148 cm³/mol. The first-order chi connectivity index (χ1) is 17.9. The molecule has 1 aliphatic heterocycles. The van der Waals surface area contributed by atoms with Crippen LogP contribution in [0.4, 0.5) is 5.13 Å². The first-order valence-corrected chi connectivity index (χ1v) is 14.7. The third-order valence-corrected chi connectivity index (χ3v) is 10.1. The normalized spacial score (nSPS) is 30.7. The minimum absolute atomic E-state index is 0.0259. The van der Waals surface area contributed by atoms with Gasteiger partial charge >= 0.3 is 0 Å². The maximum Gasteiger partial charge on any atom is 0.223 e. The number of hydrogen-bond acceptors (Lipinski definition) is 7. The number of nitrogens with one attached hydrogen (secondary N) is 2. The monoisotopic (exact) mass is 526 g/mol. The van der Waals surface area contributed by atoms with Crippen LogP contribution in [0.1, 0.15) is 55.7 Å². The Morgan fingerprint density at radius 3 is 2.81 bits per heavy atom. The van der Waals surface area contributed by atoms with Gasteiger partial charge in [0.25, 0.3) is 0 Å². The standard InChI is InChI=1S/C29H42N4O3S/c1-19(27(35)30-11-12-33-13-15-36-16-14-33)22-9-10-29(3)17-23-25(20(2)24(29)26(22)34)32-28(37-23)31-18-21-7-5-4-6-8-21/h4-8,19-20,22,24,26,34H,9-18H2,1-3H3,(H,30,35)(H,31,32). The molecule has 7 nitrogen and oxygen atoms in total. The predicted octanol–water partition coefficient (Wildman–Crippen LogP) is 3.89. The molecule has 2 aromatic rings. The van der Waals surface area contributed by atoms with Gasteiger partial charge in [-0.25, -0.2) is 4.98 Å². The van der Waals surface area contributed by atoms with Gasteiger partial charge in [-0.15, -0.1) is 11.3 Å². The smallest absolute Gasteiger partial charge is 0.223 e. The van der Waals surface area contributed by atoms with Crippen LogP contribution in [0, 0.1) is 23.2 Å². The first kappa shape index (κ1) is 26.6. The van der Waals surface area contributed by atoms with E-state index in [0.717, 1.165) is 69.5 Å². The van der Waals surface area contributed by atoms with Gasteiger partial charge in [0.05, 0.1) is 25.0 Å². The molecule has 37 heavy (non-hydrogen) atoms. The van der Waals surface area contributed by atoms with Crippen molar-refractivity contribution in [1.82, 2.24) is 15.2 Å². The highest BCUT2D eigenvalue weighted by atomic mass is 32.1. The lowest BCUT2D eigenvalue weighted by atomic mass is 9.53. The first-order valence-electron chi connectivity index (χ1n) is 13.9. The highest BCUT2D eigenvalue weighted by Crippen LogP contribution is 2.57. The fraction of sp³-hybridized carbons (Fsp3) is 0.655. The Morgan fingerprint density at radius 1 is 1.30 bits per heavy atom. The van der Waals surface area contributed by atoms with Crippen molar-refractivity contribution in [2.24, 2.45) is 23.2 Å². The van der Waals surface area contributed by atoms with Gasteiger partial charge in [-0.2, -0.15) is 0 Å². The Kier molecular flexibility index (Phi) is 8.19. The number of thiazole rings is 1. The number of amides is 1. The summed E-state index contributed by atoms with van der Waals surface area (Å²) in [5.74, 6) is 0.0837. The quantitative estimate of drug-likeness (QED) is 0.484. The number of rotatable bonds is 8. The number of morpholine rings is 1. The van der Waals surface area contributed by atoms with Gasteiger partial charge in [-0.3, -0.25) is 9.69 Å². The van der Waals surface area contributed by atoms with Crippen molar-refractivity contribution in [3.05, 3.63) is 46.5 Å². The molecular weight excluding hydrogens is 484 g/mol. The molecule has 3 N–H and O–H groups in total. The molecule has 2 aliphatic carbocycles. The van der Waals surface area contributed by atoms with Crippen LogP contribution in [-0.2, 0) is 22.5 Å². The van der Waals surface area contributed by atoms with Crippen molar-refractivity contribution in [2.45, 2.75) is 58.6 Å². The molecule has 1 aromatic heterocycles. The second-order valence-corrected chi connectivity index (χ2v) is 12.6. The van der Waals surface area contributed by atoms with Gasteiger partial charge in [0.15, 0.2) is 5.13 Å². The summed E-state index contributed by atoms with van der Waals surface area (Å²) in [5.41, 5.74) is 2.39. The third kappa shape index (κ3) is 5.72. The number of aliphatic hydroxyl groups excluding tert-OH is 1. The maximum absolute atomic E-state index is 13.1. The number of aromatic nitrogens is 1. The Balaban J connectivity index is 1.22. The van der Waals surface area contributed by atoms with E-state index in [9.17, 15) is 9.90 Å². The molecule has 1 saturated heterocycles. The van der Waals surface area contributed by atoms with E-state index in [1.54, 1.807) is 11.3 Å². The summed E-state index contributed by atoms with van der Waals surface area (Å²) in [5, 5.41) is 19.3.